The summed E-state index contributed by atoms with van der Waals surface area (Å²) in [6, 6.07) is 8.29. The predicted molar refractivity (Wildman–Crippen MR) is 85.0 cm³/mol. The molecule has 1 N–H and O–H groups in total. The van der Waals surface area contributed by atoms with Gasteiger partial charge in [-0.15, -0.1) is 0 Å². The number of hydrogen-bond acceptors (Lipinski definition) is 0. The molecule has 18 heavy (non-hydrogen) atoms. The van der Waals surface area contributed by atoms with Crippen LogP contribution in [0, 0.1) is 0 Å². The number of para-hydroxylation sites is 1. The normalized spacial score (nSPS) is 11.4. The smallest absolute Gasteiger partial charge is 0.0464 e. The van der Waals surface area contributed by atoms with Crippen LogP contribution in [0.2, 0.25) is 0 Å². The number of allylic oxidation sites excluding steroid dienone is 1. The summed E-state index contributed by atoms with van der Waals surface area (Å²) >= 11 is 0. The molecule has 1 heteroatoms. The van der Waals surface area contributed by atoms with E-state index in [1.807, 2.05) is 52.8 Å². The predicted octanol–water partition coefficient (Wildman–Crippen LogP) is 3.99. The Bertz CT molecular complexity index is 573. The Morgan fingerprint density at radius 1 is 1.06 bits per heavy atom. The molecule has 0 radical (unpaired) electrons. The molecular formula is C17H25N. The number of aromatic amines is 1. The minimum atomic E-state index is 1.16. The third kappa shape index (κ3) is 3.63. The van der Waals surface area contributed by atoms with Crippen molar-refractivity contribution in [2.45, 2.75) is 34.6 Å². The first-order valence-corrected chi connectivity index (χ1v) is 6.72. The van der Waals surface area contributed by atoms with Gasteiger partial charge in [0.15, 0.2) is 0 Å². The summed E-state index contributed by atoms with van der Waals surface area (Å²) in [4.78, 5) is 3.36. The molecule has 0 spiro atoms. The lowest BCUT2D eigenvalue weighted by Gasteiger charge is -1.85. The third-order valence-corrected chi connectivity index (χ3v) is 2.35. The molecule has 0 amide bonds. The Labute approximate surface area is 111 Å². The molecule has 2 aromatic rings. The van der Waals surface area contributed by atoms with E-state index in [-0.39, 0.29) is 0 Å². The molecule has 2 rings (SSSR count). The molecule has 0 aliphatic heterocycles. The molecule has 0 fully saturated rings. The highest BCUT2D eigenvalue weighted by atomic mass is 14.7. The number of hydrogen-bond donors (Lipinski definition) is 1. The second-order valence-electron chi connectivity index (χ2n) is 3.19. The van der Waals surface area contributed by atoms with Crippen molar-refractivity contribution in [1.29, 1.82) is 0 Å². The van der Waals surface area contributed by atoms with Crippen LogP contribution in [0.15, 0.2) is 36.9 Å². The fraction of sp³-hybridized carbons (Fsp3) is 0.294. The summed E-state index contributed by atoms with van der Waals surface area (Å²) in [6.07, 6.45) is 5.94. The van der Waals surface area contributed by atoms with Gasteiger partial charge in [0.25, 0.3) is 0 Å². The maximum absolute atomic E-state index is 3.73. The number of benzene rings is 1. The summed E-state index contributed by atoms with van der Waals surface area (Å²) < 4.78 is 0. The van der Waals surface area contributed by atoms with Gasteiger partial charge in [0, 0.05) is 21.5 Å². The van der Waals surface area contributed by atoms with Gasteiger partial charge in [-0.25, -0.2) is 0 Å². The zero-order valence-electron chi connectivity index (χ0n) is 12.2. The molecular weight excluding hydrogens is 218 g/mol. The fourth-order valence-electron chi connectivity index (χ4n) is 1.71. The second-order valence-corrected chi connectivity index (χ2v) is 3.19. The van der Waals surface area contributed by atoms with Crippen LogP contribution in [-0.4, -0.2) is 4.98 Å². The van der Waals surface area contributed by atoms with E-state index in [4.69, 9.17) is 0 Å². The lowest BCUT2D eigenvalue weighted by atomic mass is 10.2. The topological polar surface area (TPSA) is 15.8 Å². The summed E-state index contributed by atoms with van der Waals surface area (Å²) in [6.45, 7) is 13.8. The van der Waals surface area contributed by atoms with Crippen molar-refractivity contribution < 1.29 is 0 Å². The van der Waals surface area contributed by atoms with Gasteiger partial charge in [0.1, 0.15) is 0 Å². The van der Waals surface area contributed by atoms with Gasteiger partial charge < -0.3 is 4.98 Å². The monoisotopic (exact) mass is 243 g/mol. The first kappa shape index (κ1) is 16.2. The van der Waals surface area contributed by atoms with Gasteiger partial charge in [-0.3, -0.25) is 0 Å². The van der Waals surface area contributed by atoms with Gasteiger partial charge >= 0.3 is 0 Å². The molecule has 1 heterocycles. The minimum absolute atomic E-state index is 1.16. The molecule has 0 aliphatic rings. The molecule has 0 saturated heterocycles. The Morgan fingerprint density at radius 3 is 2.22 bits per heavy atom. The Morgan fingerprint density at radius 2 is 1.67 bits per heavy atom. The van der Waals surface area contributed by atoms with Gasteiger partial charge in [0.2, 0.25) is 0 Å². The SMILES string of the molecule is C=C/C=c1\c(=C/C)[nH]c2ccccc12.CC.CC. The molecule has 0 unspecified atom stereocenters. The lowest BCUT2D eigenvalue weighted by Crippen LogP contribution is -2.21. The van der Waals surface area contributed by atoms with E-state index >= 15 is 0 Å². The average molecular weight is 243 g/mol. The highest BCUT2D eigenvalue weighted by molar-refractivity contribution is 5.81. The van der Waals surface area contributed by atoms with Crippen LogP contribution >= 0.6 is 0 Å². The van der Waals surface area contributed by atoms with E-state index in [1.165, 1.54) is 16.1 Å². The number of H-pyrrole nitrogens is 1. The average Bonchev–Trinajstić information content (AvgIpc) is 2.82. The van der Waals surface area contributed by atoms with Crippen molar-refractivity contribution in [3.8, 4) is 0 Å². The number of fused-ring (bicyclic) bond motifs is 1. The Hall–Kier alpha value is -1.76. The first-order valence-electron chi connectivity index (χ1n) is 6.72. The third-order valence-electron chi connectivity index (χ3n) is 2.35. The molecule has 98 valence electrons. The van der Waals surface area contributed by atoms with Crippen LogP contribution in [0.5, 0.6) is 0 Å². The second kappa shape index (κ2) is 9.29. The zero-order valence-corrected chi connectivity index (χ0v) is 12.2. The van der Waals surface area contributed by atoms with Crippen LogP contribution in [0.1, 0.15) is 34.6 Å². The van der Waals surface area contributed by atoms with Crippen molar-refractivity contribution in [3.05, 3.63) is 47.5 Å². The van der Waals surface area contributed by atoms with Crippen LogP contribution in [0.25, 0.3) is 23.1 Å². The van der Waals surface area contributed by atoms with E-state index in [0.29, 0.717) is 0 Å². The largest absolute Gasteiger partial charge is 0.355 e. The highest BCUT2D eigenvalue weighted by Crippen LogP contribution is 2.03. The van der Waals surface area contributed by atoms with E-state index in [2.05, 4.69) is 35.8 Å². The molecule has 1 nitrogen and oxygen atoms in total. The summed E-state index contributed by atoms with van der Waals surface area (Å²) in [5, 5.41) is 3.63. The fourth-order valence-corrected chi connectivity index (χ4v) is 1.71. The molecule has 0 saturated carbocycles. The van der Waals surface area contributed by atoms with Crippen molar-refractivity contribution in [3.63, 3.8) is 0 Å². The zero-order chi connectivity index (χ0) is 14.0. The van der Waals surface area contributed by atoms with E-state index in [9.17, 15) is 0 Å². The van der Waals surface area contributed by atoms with E-state index < -0.39 is 0 Å². The number of aromatic nitrogens is 1. The van der Waals surface area contributed by atoms with Crippen molar-refractivity contribution in [1.82, 2.24) is 4.98 Å². The Kier molecular flexibility index (Phi) is 8.38. The van der Waals surface area contributed by atoms with Crippen LogP contribution in [0.4, 0.5) is 0 Å². The van der Waals surface area contributed by atoms with E-state index in [1.54, 1.807) is 0 Å². The van der Waals surface area contributed by atoms with Crippen molar-refractivity contribution in [2.24, 2.45) is 0 Å². The number of rotatable bonds is 1. The molecule has 1 aromatic heterocycles. The molecule has 1 aromatic carbocycles. The lowest BCUT2D eigenvalue weighted by molar-refractivity contribution is 1.35. The number of nitrogens with one attached hydrogen (secondary N) is 1. The first-order chi connectivity index (χ1) is 8.86. The van der Waals surface area contributed by atoms with E-state index in [0.717, 1.165) is 5.35 Å². The maximum Gasteiger partial charge on any atom is 0.0464 e. The molecule has 0 aliphatic carbocycles. The standard InChI is InChI=1S/C13H13N.2C2H6/c1-3-7-10-11-8-5-6-9-13(11)14-12(10)4-2;2*1-2/h3-9,14H,1H2,2H3;2*1-2H3/b10-7-,12-4+;;. The van der Waals surface area contributed by atoms with Gasteiger partial charge in [-0.2, -0.15) is 0 Å². The quantitative estimate of drug-likeness (QED) is 0.779. The Balaban J connectivity index is 0.000000659. The summed E-state index contributed by atoms with van der Waals surface area (Å²) in [5.74, 6) is 0. The van der Waals surface area contributed by atoms with Gasteiger partial charge in [-0.1, -0.05) is 70.7 Å². The van der Waals surface area contributed by atoms with Gasteiger partial charge in [-0.05, 0) is 13.0 Å². The van der Waals surface area contributed by atoms with Crippen LogP contribution in [-0.2, 0) is 0 Å². The summed E-state index contributed by atoms with van der Waals surface area (Å²) in [7, 11) is 0. The van der Waals surface area contributed by atoms with Crippen molar-refractivity contribution >= 4 is 23.1 Å². The van der Waals surface area contributed by atoms with Crippen LogP contribution in [0.3, 0.4) is 0 Å². The van der Waals surface area contributed by atoms with Crippen LogP contribution < -0.4 is 10.6 Å². The highest BCUT2D eigenvalue weighted by Gasteiger charge is 1.96. The van der Waals surface area contributed by atoms with Crippen molar-refractivity contribution in [2.75, 3.05) is 0 Å². The minimum Gasteiger partial charge on any atom is -0.355 e. The summed E-state index contributed by atoms with van der Waals surface area (Å²) in [5.41, 5.74) is 1.17. The molecule has 0 bridgehead atoms. The van der Waals surface area contributed by atoms with Gasteiger partial charge in [0.05, 0.1) is 0 Å². The maximum atomic E-state index is 3.73. The molecule has 0 atom stereocenters.